The number of esters is 2. The number of phosphoric acid groups is 2. The van der Waals surface area contributed by atoms with Crippen molar-refractivity contribution in [1.29, 1.82) is 0 Å². The lowest BCUT2D eigenvalue weighted by atomic mass is 10.0. The maximum Gasteiger partial charge on any atom is 0.472 e. The monoisotopic (exact) mass is 989 g/mol. The minimum atomic E-state index is -4.78. The third kappa shape index (κ3) is 48.1. The second-order valence-electron chi connectivity index (χ2n) is 18.3. The fourth-order valence-corrected chi connectivity index (χ4v) is 9.04. The van der Waals surface area contributed by atoms with Gasteiger partial charge in [0.2, 0.25) is 0 Å². The summed E-state index contributed by atoms with van der Waals surface area (Å²) in [6.07, 6.45) is 38.0. The molecular formula is C49H98O15P2. The van der Waals surface area contributed by atoms with Crippen LogP contribution in [0.5, 0.6) is 0 Å². The molecule has 0 radical (unpaired) electrons. The first kappa shape index (κ1) is 65.0. The van der Waals surface area contributed by atoms with Crippen molar-refractivity contribution in [1.82, 2.24) is 0 Å². The number of carbonyl (C=O) groups is 2. The minimum absolute atomic E-state index is 0.204. The van der Waals surface area contributed by atoms with Gasteiger partial charge in [0.05, 0.1) is 26.4 Å². The van der Waals surface area contributed by atoms with E-state index in [-0.39, 0.29) is 12.8 Å². The molecular weight excluding hydrogens is 890 g/mol. The van der Waals surface area contributed by atoms with E-state index in [0.29, 0.717) is 12.8 Å². The highest BCUT2D eigenvalue weighted by molar-refractivity contribution is 7.47. The van der Waals surface area contributed by atoms with Gasteiger partial charge in [0.1, 0.15) is 31.5 Å². The Kier molecular flexibility index (Phi) is 45.7. The third-order valence-electron chi connectivity index (χ3n) is 11.6. The summed E-state index contributed by atoms with van der Waals surface area (Å²) in [5.41, 5.74) is 0. The molecule has 0 aromatic rings. The van der Waals surface area contributed by atoms with Gasteiger partial charge >= 0.3 is 27.6 Å². The van der Waals surface area contributed by atoms with E-state index in [0.717, 1.165) is 38.5 Å². The Bertz CT molecular complexity index is 1110. The number of aliphatic hydroxyl groups excluding tert-OH is 3. The van der Waals surface area contributed by atoms with Crippen molar-refractivity contribution in [3.63, 3.8) is 0 Å². The first-order chi connectivity index (χ1) is 31.8. The molecule has 0 aliphatic heterocycles. The van der Waals surface area contributed by atoms with Gasteiger partial charge in [-0.15, -0.1) is 0 Å². The number of hydrogen-bond acceptors (Lipinski definition) is 13. The van der Waals surface area contributed by atoms with Crippen molar-refractivity contribution < 1.29 is 71.4 Å². The van der Waals surface area contributed by atoms with Crippen LogP contribution in [0.3, 0.4) is 0 Å². The summed E-state index contributed by atoms with van der Waals surface area (Å²) in [4.78, 5) is 43.8. The molecule has 0 aliphatic rings. The standard InChI is InChI=1S/C49H98O15P2/c1-3-5-7-9-11-13-15-17-19-21-23-25-27-29-31-33-35-37-48(53)59-39-45(50)41-61-65(55,56)63-43-47(52)44-64-66(57,58)62-42-46(51)40-60-49(54)38-36-34-32-30-28-26-24-22-20-18-16-14-12-10-8-6-4-2/h45-47,50-52H,3-44H2,1-2H3,(H,55,56)(H,57,58). The molecule has 66 heavy (non-hydrogen) atoms. The molecule has 0 saturated carbocycles. The van der Waals surface area contributed by atoms with Crippen LogP contribution < -0.4 is 0 Å². The molecule has 4 unspecified atom stereocenters. The van der Waals surface area contributed by atoms with Gasteiger partial charge in [-0.2, -0.15) is 0 Å². The quantitative estimate of drug-likeness (QED) is 0.0217. The van der Waals surface area contributed by atoms with Crippen LogP contribution in [0.2, 0.25) is 0 Å². The molecule has 15 nitrogen and oxygen atoms in total. The molecule has 0 saturated heterocycles. The van der Waals surface area contributed by atoms with Crippen molar-refractivity contribution in [2.24, 2.45) is 0 Å². The molecule has 0 bridgehead atoms. The van der Waals surface area contributed by atoms with E-state index in [4.69, 9.17) is 18.5 Å². The SMILES string of the molecule is CCCCCCCCCCCCCCCCCCCC(=O)OCC(O)COP(=O)(O)OCC(O)COP(=O)(O)OCC(O)COC(=O)CCCCCCCCCCCCCCCCCCC. The molecule has 0 spiro atoms. The lowest BCUT2D eigenvalue weighted by molar-refractivity contribution is -0.148. The lowest BCUT2D eigenvalue weighted by Crippen LogP contribution is -2.25. The Morgan fingerprint density at radius 1 is 0.333 bits per heavy atom. The summed E-state index contributed by atoms with van der Waals surface area (Å²) in [7, 11) is -9.56. The number of rotatable bonds is 52. The van der Waals surface area contributed by atoms with E-state index in [1.165, 1.54) is 167 Å². The van der Waals surface area contributed by atoms with Crippen molar-refractivity contribution in [3.8, 4) is 0 Å². The highest BCUT2D eigenvalue weighted by Gasteiger charge is 2.28. The fourth-order valence-electron chi connectivity index (χ4n) is 7.45. The van der Waals surface area contributed by atoms with Gasteiger partial charge in [-0.3, -0.25) is 27.7 Å². The first-order valence-electron chi connectivity index (χ1n) is 26.4. The predicted molar refractivity (Wildman–Crippen MR) is 261 cm³/mol. The van der Waals surface area contributed by atoms with Crippen LogP contribution in [0.25, 0.3) is 0 Å². The third-order valence-corrected chi connectivity index (χ3v) is 13.5. The summed E-state index contributed by atoms with van der Waals surface area (Å²) in [6, 6.07) is 0. The number of aliphatic hydroxyl groups is 3. The second-order valence-corrected chi connectivity index (χ2v) is 21.2. The van der Waals surface area contributed by atoms with Gasteiger partial charge < -0.3 is 34.6 Å². The molecule has 0 aromatic carbocycles. The van der Waals surface area contributed by atoms with E-state index in [9.17, 15) is 43.8 Å². The molecule has 394 valence electrons. The summed E-state index contributed by atoms with van der Waals surface area (Å²) in [6.45, 7) is 0.493. The van der Waals surface area contributed by atoms with Gasteiger partial charge in [0.25, 0.3) is 0 Å². The first-order valence-corrected chi connectivity index (χ1v) is 29.4. The summed E-state index contributed by atoms with van der Waals surface area (Å²) in [5, 5.41) is 30.1. The van der Waals surface area contributed by atoms with E-state index in [1.54, 1.807) is 0 Å². The highest BCUT2D eigenvalue weighted by Crippen LogP contribution is 2.45. The average Bonchev–Trinajstić information content (AvgIpc) is 3.29. The Balaban J connectivity index is 3.81. The zero-order chi connectivity index (χ0) is 48.8. The Morgan fingerprint density at radius 2 is 0.515 bits per heavy atom. The Hall–Kier alpha value is -0.960. The van der Waals surface area contributed by atoms with Crippen LogP contribution in [-0.4, -0.2) is 95.0 Å². The number of unbranched alkanes of at least 4 members (excludes halogenated alkanes) is 32. The van der Waals surface area contributed by atoms with Crippen LogP contribution in [0.4, 0.5) is 0 Å². The van der Waals surface area contributed by atoms with Gasteiger partial charge in [0.15, 0.2) is 0 Å². The second kappa shape index (κ2) is 46.4. The van der Waals surface area contributed by atoms with Crippen LogP contribution >= 0.6 is 15.6 Å². The maximum absolute atomic E-state index is 12.2. The topological polar surface area (TPSA) is 225 Å². The molecule has 0 fully saturated rings. The Morgan fingerprint density at radius 3 is 0.727 bits per heavy atom. The molecule has 0 aromatic heterocycles. The van der Waals surface area contributed by atoms with Crippen molar-refractivity contribution >= 4 is 27.6 Å². The molecule has 0 amide bonds. The van der Waals surface area contributed by atoms with E-state index >= 15 is 0 Å². The Labute approximate surface area is 400 Å². The molecule has 0 aliphatic carbocycles. The van der Waals surface area contributed by atoms with Gasteiger partial charge in [-0.1, -0.05) is 219 Å². The lowest BCUT2D eigenvalue weighted by Gasteiger charge is -2.19. The van der Waals surface area contributed by atoms with Crippen molar-refractivity contribution in [2.45, 2.75) is 263 Å². The number of phosphoric ester groups is 2. The van der Waals surface area contributed by atoms with E-state index < -0.39 is 85.5 Å². The molecule has 4 atom stereocenters. The predicted octanol–water partition coefficient (Wildman–Crippen LogP) is 12.5. The van der Waals surface area contributed by atoms with E-state index in [2.05, 4.69) is 22.9 Å². The normalized spacial score (nSPS) is 15.0. The number of hydrogen-bond donors (Lipinski definition) is 5. The molecule has 0 heterocycles. The summed E-state index contributed by atoms with van der Waals surface area (Å²) < 4.78 is 53.1. The molecule has 0 rings (SSSR count). The fraction of sp³-hybridized carbons (Fsp3) is 0.959. The average molecular weight is 989 g/mol. The zero-order valence-corrected chi connectivity index (χ0v) is 43.4. The molecule has 17 heteroatoms. The van der Waals surface area contributed by atoms with Crippen LogP contribution in [0.15, 0.2) is 0 Å². The summed E-state index contributed by atoms with van der Waals surface area (Å²) >= 11 is 0. The number of ether oxygens (including phenoxy) is 2. The minimum Gasteiger partial charge on any atom is -0.463 e. The summed E-state index contributed by atoms with van der Waals surface area (Å²) in [5.74, 6) is -0.980. The van der Waals surface area contributed by atoms with E-state index in [1.807, 2.05) is 0 Å². The maximum atomic E-state index is 12.2. The van der Waals surface area contributed by atoms with Crippen LogP contribution in [0, 0.1) is 0 Å². The van der Waals surface area contributed by atoms with Crippen LogP contribution in [-0.2, 0) is 46.3 Å². The van der Waals surface area contributed by atoms with Gasteiger partial charge in [-0.25, -0.2) is 9.13 Å². The smallest absolute Gasteiger partial charge is 0.463 e. The largest absolute Gasteiger partial charge is 0.472 e. The van der Waals surface area contributed by atoms with Gasteiger partial charge in [-0.05, 0) is 12.8 Å². The number of carbonyl (C=O) groups excluding carboxylic acids is 2. The zero-order valence-electron chi connectivity index (χ0n) is 41.6. The van der Waals surface area contributed by atoms with Crippen LogP contribution in [0.1, 0.15) is 245 Å². The van der Waals surface area contributed by atoms with Crippen molar-refractivity contribution in [2.75, 3.05) is 39.6 Å². The van der Waals surface area contributed by atoms with Gasteiger partial charge in [0, 0.05) is 12.8 Å². The highest BCUT2D eigenvalue weighted by atomic mass is 31.2. The van der Waals surface area contributed by atoms with Crippen molar-refractivity contribution in [3.05, 3.63) is 0 Å². The molecule has 5 N–H and O–H groups in total.